The van der Waals surface area contributed by atoms with Crippen LogP contribution in [-0.2, 0) is 11.2 Å². The first-order valence-electron chi connectivity index (χ1n) is 5.50. The third-order valence-electron chi connectivity index (χ3n) is 3.06. The molecule has 3 nitrogen and oxygen atoms in total. The van der Waals surface area contributed by atoms with Crippen LogP contribution in [-0.4, -0.2) is 30.9 Å². The molecule has 0 heterocycles. The molecule has 0 aromatic heterocycles. The van der Waals surface area contributed by atoms with E-state index in [-0.39, 0.29) is 11.6 Å². The van der Waals surface area contributed by atoms with Gasteiger partial charge in [-0.05, 0) is 45.0 Å². The van der Waals surface area contributed by atoms with Gasteiger partial charge in [0.25, 0.3) is 0 Å². The Bertz CT molecular complexity index is 336. The van der Waals surface area contributed by atoms with E-state index in [4.69, 9.17) is 4.74 Å². The summed E-state index contributed by atoms with van der Waals surface area (Å²) in [6.45, 7) is 4.11. The molecule has 0 saturated heterocycles. The number of ether oxygens (including phenoxy) is 1. The summed E-state index contributed by atoms with van der Waals surface area (Å²) >= 11 is 0. The van der Waals surface area contributed by atoms with Crippen LogP contribution in [0.5, 0.6) is 5.75 Å². The Morgan fingerprint density at radius 3 is 2.62 bits per heavy atom. The highest BCUT2D eigenvalue weighted by Gasteiger charge is 2.27. The minimum absolute atomic E-state index is 0.208. The standard InChI is InChI=1S/C13H21NO2/c1-13(2,16-4)12(14-3)9-10-6-5-7-11(15)8-10/h5-8,12,14-15H,9H2,1-4H3. The Hall–Kier alpha value is -1.06. The Morgan fingerprint density at radius 2 is 2.12 bits per heavy atom. The lowest BCUT2D eigenvalue weighted by atomic mass is 9.92. The van der Waals surface area contributed by atoms with Crippen LogP contribution < -0.4 is 5.32 Å². The molecule has 1 aromatic rings. The van der Waals surface area contributed by atoms with Gasteiger partial charge >= 0.3 is 0 Å². The lowest BCUT2D eigenvalue weighted by molar-refractivity contribution is -0.00798. The Labute approximate surface area is 97.4 Å². The molecule has 0 radical (unpaired) electrons. The highest BCUT2D eigenvalue weighted by atomic mass is 16.5. The zero-order valence-electron chi connectivity index (χ0n) is 10.4. The van der Waals surface area contributed by atoms with Crippen LogP contribution in [0.1, 0.15) is 19.4 Å². The van der Waals surface area contributed by atoms with Gasteiger partial charge in [0, 0.05) is 13.2 Å². The summed E-state index contributed by atoms with van der Waals surface area (Å²) in [6.07, 6.45) is 0.825. The van der Waals surface area contributed by atoms with Gasteiger partial charge in [0.05, 0.1) is 5.60 Å². The van der Waals surface area contributed by atoms with Crippen molar-refractivity contribution in [3.63, 3.8) is 0 Å². The first kappa shape index (κ1) is 13.0. The van der Waals surface area contributed by atoms with Crippen LogP contribution in [0.2, 0.25) is 0 Å². The van der Waals surface area contributed by atoms with Gasteiger partial charge < -0.3 is 15.2 Å². The van der Waals surface area contributed by atoms with Gasteiger partial charge in [-0.25, -0.2) is 0 Å². The van der Waals surface area contributed by atoms with Gasteiger partial charge in [-0.15, -0.1) is 0 Å². The van der Waals surface area contributed by atoms with E-state index in [1.54, 1.807) is 19.2 Å². The Kier molecular flexibility index (Phi) is 4.33. The molecule has 0 fully saturated rings. The summed E-state index contributed by atoms with van der Waals surface area (Å²) in [5.41, 5.74) is 0.865. The first-order chi connectivity index (χ1) is 7.49. The van der Waals surface area contributed by atoms with E-state index < -0.39 is 0 Å². The second-order valence-corrected chi connectivity index (χ2v) is 4.52. The fourth-order valence-corrected chi connectivity index (χ4v) is 1.76. The third kappa shape index (κ3) is 3.22. The molecule has 0 aliphatic rings. The molecule has 1 rings (SSSR count). The smallest absolute Gasteiger partial charge is 0.115 e. The van der Waals surface area contributed by atoms with Crippen LogP contribution in [0.25, 0.3) is 0 Å². The van der Waals surface area contributed by atoms with E-state index in [0.29, 0.717) is 5.75 Å². The molecular weight excluding hydrogens is 202 g/mol. The normalized spacial score (nSPS) is 13.8. The second-order valence-electron chi connectivity index (χ2n) is 4.52. The van der Waals surface area contributed by atoms with Crippen LogP contribution in [0, 0.1) is 0 Å². The number of hydrogen-bond donors (Lipinski definition) is 2. The van der Waals surface area contributed by atoms with E-state index in [2.05, 4.69) is 19.2 Å². The molecule has 16 heavy (non-hydrogen) atoms. The molecule has 3 heteroatoms. The molecule has 2 N–H and O–H groups in total. The maximum atomic E-state index is 9.41. The maximum Gasteiger partial charge on any atom is 0.115 e. The number of nitrogens with one attached hydrogen (secondary N) is 1. The molecule has 0 bridgehead atoms. The van der Waals surface area contributed by atoms with E-state index >= 15 is 0 Å². The van der Waals surface area contributed by atoms with Gasteiger partial charge in [0.2, 0.25) is 0 Å². The average molecular weight is 223 g/mol. The largest absolute Gasteiger partial charge is 0.508 e. The minimum Gasteiger partial charge on any atom is -0.508 e. The van der Waals surface area contributed by atoms with E-state index in [1.165, 1.54) is 0 Å². The van der Waals surface area contributed by atoms with Crippen molar-refractivity contribution >= 4 is 0 Å². The summed E-state index contributed by atoms with van der Waals surface area (Å²) < 4.78 is 5.47. The zero-order valence-corrected chi connectivity index (χ0v) is 10.4. The van der Waals surface area contributed by atoms with E-state index in [9.17, 15) is 5.11 Å². The molecule has 0 spiro atoms. The van der Waals surface area contributed by atoms with Crippen molar-refractivity contribution in [3.05, 3.63) is 29.8 Å². The average Bonchev–Trinajstić information content (AvgIpc) is 2.25. The minimum atomic E-state index is -0.236. The molecule has 1 aromatic carbocycles. The van der Waals surface area contributed by atoms with Crippen LogP contribution in [0.4, 0.5) is 0 Å². The molecule has 0 amide bonds. The Morgan fingerprint density at radius 1 is 1.44 bits per heavy atom. The zero-order chi connectivity index (χ0) is 12.2. The summed E-state index contributed by atoms with van der Waals surface area (Å²) in [7, 11) is 3.64. The van der Waals surface area contributed by atoms with Gasteiger partial charge in [0.1, 0.15) is 5.75 Å². The predicted molar refractivity (Wildman–Crippen MR) is 65.7 cm³/mol. The highest BCUT2D eigenvalue weighted by Crippen LogP contribution is 2.19. The molecule has 1 atom stereocenters. The third-order valence-corrected chi connectivity index (χ3v) is 3.06. The van der Waals surface area contributed by atoms with Gasteiger partial charge in [-0.2, -0.15) is 0 Å². The summed E-state index contributed by atoms with van der Waals surface area (Å²) in [5, 5.41) is 12.7. The summed E-state index contributed by atoms with van der Waals surface area (Å²) in [4.78, 5) is 0. The van der Waals surface area contributed by atoms with Crippen molar-refractivity contribution in [2.75, 3.05) is 14.2 Å². The van der Waals surface area contributed by atoms with E-state index in [1.807, 2.05) is 19.2 Å². The van der Waals surface area contributed by atoms with Crippen LogP contribution >= 0.6 is 0 Å². The van der Waals surface area contributed by atoms with Crippen LogP contribution in [0.15, 0.2) is 24.3 Å². The molecule has 90 valence electrons. The van der Waals surface area contributed by atoms with Crippen molar-refractivity contribution in [1.29, 1.82) is 0 Å². The lowest BCUT2D eigenvalue weighted by Crippen LogP contribution is -2.48. The SMILES string of the molecule is CNC(Cc1cccc(O)c1)C(C)(C)OC. The molecule has 0 aliphatic heterocycles. The van der Waals surface area contributed by atoms with Gasteiger partial charge in [-0.3, -0.25) is 0 Å². The lowest BCUT2D eigenvalue weighted by Gasteiger charge is -2.33. The van der Waals surface area contributed by atoms with Crippen molar-refractivity contribution in [2.45, 2.75) is 31.9 Å². The number of rotatable bonds is 5. The number of likely N-dealkylation sites (N-methyl/N-ethyl adjacent to an activating group) is 1. The quantitative estimate of drug-likeness (QED) is 0.801. The molecule has 0 saturated carbocycles. The number of methoxy groups -OCH3 is 1. The van der Waals surface area contributed by atoms with Crippen molar-refractivity contribution in [1.82, 2.24) is 5.32 Å². The number of benzene rings is 1. The number of phenolic OH excluding ortho intramolecular Hbond substituents is 1. The fourth-order valence-electron chi connectivity index (χ4n) is 1.76. The van der Waals surface area contributed by atoms with Gasteiger partial charge in [0.15, 0.2) is 0 Å². The monoisotopic (exact) mass is 223 g/mol. The maximum absolute atomic E-state index is 9.41. The Balaban J connectivity index is 2.78. The molecular formula is C13H21NO2. The summed E-state index contributed by atoms with van der Waals surface area (Å²) in [5.74, 6) is 0.308. The topological polar surface area (TPSA) is 41.5 Å². The van der Waals surface area contributed by atoms with Crippen molar-refractivity contribution in [3.8, 4) is 5.75 Å². The summed E-state index contributed by atoms with van der Waals surface area (Å²) in [6, 6.07) is 7.54. The molecule has 1 unspecified atom stereocenters. The second kappa shape index (κ2) is 5.32. The number of hydrogen-bond acceptors (Lipinski definition) is 3. The first-order valence-corrected chi connectivity index (χ1v) is 5.50. The van der Waals surface area contributed by atoms with Crippen molar-refractivity contribution < 1.29 is 9.84 Å². The van der Waals surface area contributed by atoms with Crippen LogP contribution in [0.3, 0.4) is 0 Å². The predicted octanol–water partition coefficient (Wildman–Crippen LogP) is 1.95. The fraction of sp³-hybridized carbons (Fsp3) is 0.538. The number of phenols is 1. The van der Waals surface area contributed by atoms with E-state index in [0.717, 1.165) is 12.0 Å². The number of aromatic hydroxyl groups is 1. The van der Waals surface area contributed by atoms with Gasteiger partial charge in [-0.1, -0.05) is 12.1 Å². The molecule has 0 aliphatic carbocycles. The highest BCUT2D eigenvalue weighted by molar-refractivity contribution is 5.28. The van der Waals surface area contributed by atoms with Crippen molar-refractivity contribution in [2.24, 2.45) is 0 Å².